The minimum Gasteiger partial charge on any atom is -0.493 e. The zero-order valence-electron chi connectivity index (χ0n) is 11.3. The van der Waals surface area contributed by atoms with Gasteiger partial charge >= 0.3 is 0 Å². The number of benzene rings is 1. The Kier molecular flexibility index (Phi) is 4.48. The maximum absolute atomic E-state index is 6.04. The van der Waals surface area contributed by atoms with Gasteiger partial charge in [-0.2, -0.15) is 0 Å². The molecule has 1 aliphatic carbocycles. The predicted octanol–water partition coefficient (Wildman–Crippen LogP) is 2.91. The van der Waals surface area contributed by atoms with Gasteiger partial charge in [0.1, 0.15) is 6.10 Å². The maximum Gasteiger partial charge on any atom is 0.161 e. The summed E-state index contributed by atoms with van der Waals surface area (Å²) in [6.45, 7) is 2.13. The number of ether oxygens (including phenoxy) is 2. The molecule has 1 aromatic carbocycles. The average Bonchev–Trinajstić information content (AvgIpc) is 2.39. The monoisotopic (exact) mass is 249 g/mol. The van der Waals surface area contributed by atoms with Crippen molar-refractivity contribution in [1.82, 2.24) is 0 Å². The van der Waals surface area contributed by atoms with E-state index in [-0.39, 0.29) is 12.1 Å². The van der Waals surface area contributed by atoms with Gasteiger partial charge in [0.2, 0.25) is 0 Å². The average molecular weight is 249 g/mol. The smallest absolute Gasteiger partial charge is 0.161 e. The van der Waals surface area contributed by atoms with Crippen molar-refractivity contribution in [3.63, 3.8) is 0 Å². The lowest BCUT2D eigenvalue weighted by molar-refractivity contribution is 0.139. The van der Waals surface area contributed by atoms with Gasteiger partial charge in [-0.05, 0) is 49.8 Å². The second-order valence-corrected chi connectivity index (χ2v) is 5.01. The molecule has 0 aliphatic heterocycles. The van der Waals surface area contributed by atoms with E-state index >= 15 is 0 Å². The fourth-order valence-corrected chi connectivity index (χ4v) is 2.50. The highest BCUT2D eigenvalue weighted by Crippen LogP contribution is 2.31. The van der Waals surface area contributed by atoms with Gasteiger partial charge < -0.3 is 15.2 Å². The van der Waals surface area contributed by atoms with Crippen LogP contribution in [-0.2, 0) is 6.42 Å². The molecule has 0 heterocycles. The molecular formula is C15H23NO2. The zero-order chi connectivity index (χ0) is 13.0. The van der Waals surface area contributed by atoms with E-state index in [4.69, 9.17) is 15.2 Å². The van der Waals surface area contributed by atoms with Gasteiger partial charge in [-0.3, -0.25) is 0 Å². The summed E-state index contributed by atoms with van der Waals surface area (Å²) < 4.78 is 11.4. The van der Waals surface area contributed by atoms with E-state index < -0.39 is 0 Å². The van der Waals surface area contributed by atoms with Crippen LogP contribution in [0.15, 0.2) is 18.2 Å². The summed E-state index contributed by atoms with van der Waals surface area (Å²) in [5.74, 6) is 1.67. The number of hydrogen-bond acceptors (Lipinski definition) is 3. The van der Waals surface area contributed by atoms with Gasteiger partial charge in [-0.1, -0.05) is 13.0 Å². The van der Waals surface area contributed by atoms with E-state index in [1.807, 2.05) is 6.07 Å². The molecule has 3 heteroatoms. The molecule has 1 aromatic rings. The number of aryl methyl sites for hydroxylation is 1. The minimum atomic E-state index is 0.232. The molecule has 18 heavy (non-hydrogen) atoms. The molecule has 0 aromatic heterocycles. The Bertz CT molecular complexity index is 392. The highest BCUT2D eigenvalue weighted by molar-refractivity contribution is 5.43. The molecule has 100 valence electrons. The first-order valence-corrected chi connectivity index (χ1v) is 6.82. The number of methoxy groups -OCH3 is 1. The fraction of sp³-hybridized carbons (Fsp3) is 0.600. The van der Waals surface area contributed by atoms with Crippen LogP contribution >= 0.6 is 0 Å². The van der Waals surface area contributed by atoms with Crippen molar-refractivity contribution < 1.29 is 9.47 Å². The highest BCUT2D eigenvalue weighted by Gasteiger charge is 2.21. The molecule has 2 unspecified atom stereocenters. The van der Waals surface area contributed by atoms with Crippen LogP contribution in [0.3, 0.4) is 0 Å². The van der Waals surface area contributed by atoms with Gasteiger partial charge in [-0.15, -0.1) is 0 Å². The van der Waals surface area contributed by atoms with Crippen molar-refractivity contribution in [2.24, 2.45) is 5.73 Å². The third kappa shape index (κ3) is 3.16. The van der Waals surface area contributed by atoms with Gasteiger partial charge in [-0.25, -0.2) is 0 Å². The van der Waals surface area contributed by atoms with Crippen LogP contribution < -0.4 is 15.2 Å². The number of hydrogen-bond donors (Lipinski definition) is 1. The Morgan fingerprint density at radius 2 is 2.11 bits per heavy atom. The maximum atomic E-state index is 6.04. The molecule has 0 spiro atoms. The molecule has 0 bridgehead atoms. The summed E-state index contributed by atoms with van der Waals surface area (Å²) in [7, 11) is 1.69. The van der Waals surface area contributed by atoms with Crippen LogP contribution in [0.1, 0.15) is 38.2 Å². The molecule has 1 aliphatic rings. The predicted molar refractivity (Wildman–Crippen MR) is 73.2 cm³/mol. The lowest BCUT2D eigenvalue weighted by Gasteiger charge is -2.27. The second kappa shape index (κ2) is 6.10. The van der Waals surface area contributed by atoms with Crippen molar-refractivity contribution >= 4 is 0 Å². The van der Waals surface area contributed by atoms with Crippen molar-refractivity contribution in [2.75, 3.05) is 7.11 Å². The van der Waals surface area contributed by atoms with Gasteiger partial charge in [0.15, 0.2) is 11.5 Å². The summed E-state index contributed by atoms with van der Waals surface area (Å²) >= 11 is 0. The van der Waals surface area contributed by atoms with Crippen molar-refractivity contribution in [2.45, 2.75) is 51.2 Å². The van der Waals surface area contributed by atoms with Crippen LogP contribution in [0.2, 0.25) is 0 Å². The Morgan fingerprint density at radius 3 is 2.78 bits per heavy atom. The van der Waals surface area contributed by atoms with E-state index in [1.165, 1.54) is 5.56 Å². The summed E-state index contributed by atoms with van der Waals surface area (Å²) in [4.78, 5) is 0. The largest absolute Gasteiger partial charge is 0.493 e. The zero-order valence-corrected chi connectivity index (χ0v) is 11.3. The summed E-state index contributed by atoms with van der Waals surface area (Å²) in [5.41, 5.74) is 7.25. The Morgan fingerprint density at radius 1 is 1.28 bits per heavy atom. The Labute approximate surface area is 109 Å². The molecule has 1 saturated carbocycles. The molecule has 2 N–H and O–H groups in total. The molecule has 0 saturated heterocycles. The lowest BCUT2D eigenvalue weighted by Crippen LogP contribution is -2.33. The second-order valence-electron chi connectivity index (χ2n) is 5.01. The topological polar surface area (TPSA) is 44.5 Å². The van der Waals surface area contributed by atoms with Crippen molar-refractivity contribution in [3.8, 4) is 11.5 Å². The third-order valence-corrected chi connectivity index (χ3v) is 3.60. The lowest BCUT2D eigenvalue weighted by atomic mass is 9.93. The Balaban J connectivity index is 2.08. The van der Waals surface area contributed by atoms with Gasteiger partial charge in [0.25, 0.3) is 0 Å². The summed E-state index contributed by atoms with van der Waals surface area (Å²) in [5, 5.41) is 0. The molecular weight excluding hydrogens is 226 g/mol. The summed E-state index contributed by atoms with van der Waals surface area (Å²) in [6, 6.07) is 6.45. The first-order valence-electron chi connectivity index (χ1n) is 6.82. The minimum absolute atomic E-state index is 0.232. The number of nitrogens with two attached hydrogens (primary N) is 1. The summed E-state index contributed by atoms with van der Waals surface area (Å²) in [6.07, 6.45) is 5.54. The van der Waals surface area contributed by atoms with Crippen LogP contribution in [0.25, 0.3) is 0 Å². The van der Waals surface area contributed by atoms with E-state index in [9.17, 15) is 0 Å². The van der Waals surface area contributed by atoms with E-state index in [2.05, 4.69) is 19.1 Å². The van der Waals surface area contributed by atoms with Crippen molar-refractivity contribution in [1.29, 1.82) is 0 Å². The highest BCUT2D eigenvalue weighted by atomic mass is 16.5. The normalized spacial score (nSPS) is 23.7. The molecule has 2 atom stereocenters. The molecule has 0 amide bonds. The number of rotatable bonds is 4. The quantitative estimate of drug-likeness (QED) is 0.892. The van der Waals surface area contributed by atoms with Crippen LogP contribution in [0.4, 0.5) is 0 Å². The molecule has 2 rings (SSSR count). The first-order chi connectivity index (χ1) is 8.72. The fourth-order valence-electron chi connectivity index (χ4n) is 2.50. The Hall–Kier alpha value is -1.22. The van der Waals surface area contributed by atoms with Gasteiger partial charge in [0.05, 0.1) is 7.11 Å². The van der Waals surface area contributed by atoms with Crippen LogP contribution in [0.5, 0.6) is 11.5 Å². The van der Waals surface area contributed by atoms with E-state index in [1.54, 1.807) is 7.11 Å². The van der Waals surface area contributed by atoms with Crippen molar-refractivity contribution in [3.05, 3.63) is 23.8 Å². The van der Waals surface area contributed by atoms with Crippen LogP contribution in [0, 0.1) is 0 Å². The first kappa shape index (κ1) is 13.2. The van der Waals surface area contributed by atoms with Gasteiger partial charge in [0, 0.05) is 6.04 Å². The molecule has 1 fully saturated rings. The third-order valence-electron chi connectivity index (χ3n) is 3.60. The SMILES string of the molecule is CCc1ccc(OC2CCCC(N)C2)c(OC)c1. The van der Waals surface area contributed by atoms with Crippen LogP contribution in [-0.4, -0.2) is 19.3 Å². The standard InChI is InChI=1S/C15H23NO2/c1-3-11-7-8-14(15(9-11)17-2)18-13-6-4-5-12(16)10-13/h7-9,12-13H,3-6,10,16H2,1-2H3. The molecule has 3 nitrogen and oxygen atoms in total. The van der Waals surface area contributed by atoms with E-state index in [0.29, 0.717) is 0 Å². The molecule has 0 radical (unpaired) electrons. The van der Waals surface area contributed by atoms with E-state index in [0.717, 1.165) is 43.6 Å².